The molecule has 0 bridgehead atoms. The molecule has 0 amide bonds. The van der Waals surface area contributed by atoms with E-state index in [0.717, 1.165) is 0 Å². The Morgan fingerprint density at radius 3 is 1.89 bits per heavy atom. The van der Waals surface area contributed by atoms with E-state index in [0.29, 0.717) is 5.56 Å². The summed E-state index contributed by atoms with van der Waals surface area (Å²) in [5, 5.41) is 18.5. The molecule has 0 saturated heterocycles. The van der Waals surface area contributed by atoms with Crippen LogP contribution in [0.5, 0.6) is 0 Å². The summed E-state index contributed by atoms with van der Waals surface area (Å²) in [4.78, 5) is 22.7. The number of carboxylic acid groups (broad SMARTS) is 2. The zero-order valence-corrected chi connectivity index (χ0v) is 9.88. The molecule has 96 valence electrons. The molecule has 5 heteroatoms. The van der Waals surface area contributed by atoms with E-state index in [2.05, 4.69) is 0 Å². The van der Waals surface area contributed by atoms with E-state index >= 15 is 0 Å². The van der Waals surface area contributed by atoms with E-state index in [1.807, 2.05) is 6.07 Å². The van der Waals surface area contributed by atoms with E-state index in [-0.39, 0.29) is 44.2 Å². The molecule has 0 fully saturated rings. The van der Waals surface area contributed by atoms with Gasteiger partial charge in [0.25, 0.3) is 0 Å². The summed E-state index contributed by atoms with van der Waals surface area (Å²) < 4.78 is 0. The fourth-order valence-electron chi connectivity index (χ4n) is 1.86. The second-order valence-electron chi connectivity index (χ2n) is 4.40. The first-order valence-corrected chi connectivity index (χ1v) is 5.42. The minimum atomic E-state index is -1.76. The number of benzene rings is 1. The monoisotopic (exact) mass is 278 g/mol. The van der Waals surface area contributed by atoms with Crippen LogP contribution in [0.25, 0.3) is 0 Å². The predicted molar refractivity (Wildman–Crippen MR) is 71.2 cm³/mol. The fraction of sp³-hybridized carbons (Fsp3) is 0.385. The van der Waals surface area contributed by atoms with Gasteiger partial charge in [0.05, 0.1) is 0 Å². The van der Waals surface area contributed by atoms with Crippen LogP contribution in [0.2, 0.25) is 0 Å². The number of hydrogen-bond acceptors (Lipinski definition) is 2. The van der Waals surface area contributed by atoms with Gasteiger partial charge < -0.3 is 10.2 Å². The molecule has 0 aliphatic rings. The van der Waals surface area contributed by atoms with E-state index < -0.39 is 23.3 Å². The van der Waals surface area contributed by atoms with Crippen molar-refractivity contribution in [1.82, 2.24) is 0 Å². The van der Waals surface area contributed by atoms with Gasteiger partial charge in [-0.25, -0.2) is 0 Å². The summed E-state index contributed by atoms with van der Waals surface area (Å²) in [7, 11) is 0. The zero-order valence-electron chi connectivity index (χ0n) is 9.88. The van der Waals surface area contributed by atoms with Gasteiger partial charge in [-0.15, -0.1) is 0 Å². The zero-order chi connectivity index (χ0) is 13.1. The molecule has 0 radical (unpaired) electrons. The van der Waals surface area contributed by atoms with Crippen molar-refractivity contribution in [3.63, 3.8) is 0 Å². The van der Waals surface area contributed by atoms with Gasteiger partial charge in [0.15, 0.2) is 5.41 Å². The van der Waals surface area contributed by atoms with Crippen LogP contribution in [0.4, 0.5) is 0 Å². The minimum absolute atomic E-state index is 0. The first kappa shape index (κ1) is 17.4. The second-order valence-corrected chi connectivity index (χ2v) is 4.40. The Morgan fingerprint density at radius 1 is 1.11 bits per heavy atom. The summed E-state index contributed by atoms with van der Waals surface area (Å²) in [6, 6.07) is 8.82. The molecule has 18 heavy (non-hydrogen) atoms. The van der Waals surface area contributed by atoms with Gasteiger partial charge in [0, 0.05) is 0 Å². The van der Waals surface area contributed by atoms with Crippen molar-refractivity contribution >= 4 is 49.7 Å². The number of aliphatic carboxylic acids is 2. The van der Waals surface area contributed by atoms with Gasteiger partial charge in [-0.05, 0) is 17.9 Å². The van der Waals surface area contributed by atoms with Crippen LogP contribution in [0.1, 0.15) is 19.4 Å². The number of hydrogen-bond donors (Lipinski definition) is 2. The van der Waals surface area contributed by atoms with Gasteiger partial charge >= 0.3 is 49.7 Å². The van der Waals surface area contributed by atoms with Crippen LogP contribution in [0, 0.1) is 11.3 Å². The summed E-state index contributed by atoms with van der Waals surface area (Å²) in [6.07, 6.45) is -0.00380. The number of carbonyl (C=O) groups is 2. The van der Waals surface area contributed by atoms with Crippen LogP contribution in [0.3, 0.4) is 0 Å². The summed E-state index contributed by atoms with van der Waals surface area (Å²) >= 11 is 0. The second kappa shape index (κ2) is 7.12. The van der Waals surface area contributed by atoms with Crippen molar-refractivity contribution in [1.29, 1.82) is 0 Å². The summed E-state index contributed by atoms with van der Waals surface area (Å²) in [5.74, 6) is -3.06. The molecule has 2 N–H and O–H groups in total. The quantitative estimate of drug-likeness (QED) is 0.625. The first-order valence-electron chi connectivity index (χ1n) is 5.42. The van der Waals surface area contributed by atoms with Crippen LogP contribution in [-0.2, 0) is 16.0 Å². The van der Waals surface area contributed by atoms with Gasteiger partial charge in [-0.1, -0.05) is 44.2 Å². The van der Waals surface area contributed by atoms with Gasteiger partial charge in [-0.2, -0.15) is 0 Å². The van der Waals surface area contributed by atoms with E-state index in [9.17, 15) is 19.8 Å². The van der Waals surface area contributed by atoms with Gasteiger partial charge in [-0.3, -0.25) is 9.59 Å². The van der Waals surface area contributed by atoms with Crippen molar-refractivity contribution in [2.24, 2.45) is 11.3 Å². The van der Waals surface area contributed by atoms with E-state index in [4.69, 9.17) is 0 Å². The third-order valence-corrected chi connectivity index (χ3v) is 3.07. The summed E-state index contributed by atoms with van der Waals surface area (Å²) in [5.41, 5.74) is -1.05. The van der Waals surface area contributed by atoms with Crippen LogP contribution in [-0.4, -0.2) is 59.9 Å². The van der Waals surface area contributed by atoms with Crippen molar-refractivity contribution in [2.75, 3.05) is 0 Å². The Bertz CT molecular complexity index is 400. The number of carboxylic acids is 2. The van der Waals surface area contributed by atoms with E-state index in [1.165, 1.54) is 0 Å². The molecule has 0 atom stereocenters. The van der Waals surface area contributed by atoms with Crippen molar-refractivity contribution in [2.45, 2.75) is 20.3 Å². The fourth-order valence-corrected chi connectivity index (χ4v) is 1.86. The Labute approximate surface area is 136 Å². The topological polar surface area (TPSA) is 74.6 Å². The van der Waals surface area contributed by atoms with Crippen LogP contribution >= 0.6 is 0 Å². The van der Waals surface area contributed by atoms with Crippen LogP contribution in [0.15, 0.2) is 30.3 Å². The third kappa shape index (κ3) is 3.46. The third-order valence-electron chi connectivity index (χ3n) is 3.07. The average Bonchev–Trinajstić information content (AvgIpc) is 2.25. The molecule has 0 aliphatic heterocycles. The Hall–Kier alpha value is -0.580. The molecule has 0 aromatic heterocycles. The molecule has 4 nitrogen and oxygen atoms in total. The van der Waals surface area contributed by atoms with Gasteiger partial charge in [0.2, 0.25) is 0 Å². The first-order chi connectivity index (χ1) is 7.91. The maximum atomic E-state index is 11.3. The predicted octanol–water partition coefficient (Wildman–Crippen LogP) is 1.12. The maximum absolute atomic E-state index is 11.3. The standard InChI is InChI=1S/C13H16O4.Ca.2H/c1-9(2)13(11(14)15,12(16)17)8-10-6-4-3-5-7-10;;;/h3-7,9H,8H2,1-2H3,(H,14,15)(H,16,17);;;. The normalized spacial score (nSPS) is 10.8. The molecule has 0 heterocycles. The molecule has 1 aromatic carbocycles. The molecule has 0 aliphatic carbocycles. The Kier molecular flexibility index (Phi) is 6.89. The van der Waals surface area contributed by atoms with Crippen molar-refractivity contribution in [3.05, 3.63) is 35.9 Å². The molecule has 0 unspecified atom stereocenters. The van der Waals surface area contributed by atoms with Crippen LogP contribution < -0.4 is 0 Å². The van der Waals surface area contributed by atoms with Crippen molar-refractivity contribution < 1.29 is 19.8 Å². The number of rotatable bonds is 5. The Balaban J connectivity index is 0.00000289. The molecular weight excluding hydrogens is 260 g/mol. The molecule has 1 rings (SSSR count). The van der Waals surface area contributed by atoms with Crippen molar-refractivity contribution in [3.8, 4) is 0 Å². The molecule has 1 aromatic rings. The SMILES string of the molecule is CC(C)C(Cc1ccccc1)(C(=O)O)C(=O)O.[CaH2]. The van der Waals surface area contributed by atoms with E-state index in [1.54, 1.807) is 38.1 Å². The molecular formula is C13H18CaO4. The molecule has 0 saturated carbocycles. The average molecular weight is 278 g/mol. The Morgan fingerprint density at radius 2 is 1.56 bits per heavy atom. The summed E-state index contributed by atoms with van der Waals surface area (Å²) in [6.45, 7) is 3.23. The van der Waals surface area contributed by atoms with Gasteiger partial charge in [0.1, 0.15) is 0 Å². The molecule has 0 spiro atoms.